The summed E-state index contributed by atoms with van der Waals surface area (Å²) >= 11 is 0. The first kappa shape index (κ1) is 26.7. The van der Waals surface area contributed by atoms with Gasteiger partial charge in [0.1, 0.15) is 0 Å². The summed E-state index contributed by atoms with van der Waals surface area (Å²) in [5, 5.41) is 14.7. The number of piperidine rings is 1. The summed E-state index contributed by atoms with van der Waals surface area (Å²) < 4.78 is 44.2. The van der Waals surface area contributed by atoms with Crippen molar-refractivity contribution < 1.29 is 22.7 Å². The molecule has 5 rings (SSSR count). The van der Waals surface area contributed by atoms with E-state index in [2.05, 4.69) is 42.8 Å². The van der Waals surface area contributed by atoms with Gasteiger partial charge in [-0.15, -0.1) is 10.2 Å². The second-order valence-electron chi connectivity index (χ2n) is 9.73. The Morgan fingerprint density at radius 2 is 1.67 bits per heavy atom. The van der Waals surface area contributed by atoms with Crippen LogP contribution in [0.3, 0.4) is 0 Å². The van der Waals surface area contributed by atoms with Gasteiger partial charge in [-0.25, -0.2) is 0 Å². The van der Waals surface area contributed by atoms with Crippen molar-refractivity contribution in [1.29, 1.82) is 0 Å². The van der Waals surface area contributed by atoms with Gasteiger partial charge in [0.15, 0.2) is 11.6 Å². The average molecular weight is 541 g/mol. The van der Waals surface area contributed by atoms with Crippen LogP contribution in [0, 0.1) is 5.92 Å². The van der Waals surface area contributed by atoms with E-state index in [1.54, 1.807) is 6.07 Å². The Bertz CT molecular complexity index is 1240. The van der Waals surface area contributed by atoms with Crippen molar-refractivity contribution in [3.63, 3.8) is 0 Å². The quantitative estimate of drug-likeness (QED) is 0.453. The predicted molar refractivity (Wildman–Crippen MR) is 143 cm³/mol. The monoisotopic (exact) mass is 540 g/mol. The molecule has 1 aromatic heterocycles. The summed E-state index contributed by atoms with van der Waals surface area (Å²) in [4.78, 5) is 17.0. The lowest BCUT2D eigenvalue weighted by Crippen LogP contribution is -2.40. The van der Waals surface area contributed by atoms with Gasteiger partial charge in [0.25, 0.3) is 0 Å². The molecule has 0 bridgehead atoms. The number of rotatable bonds is 7. The van der Waals surface area contributed by atoms with Gasteiger partial charge < -0.3 is 25.2 Å². The molecule has 2 fully saturated rings. The Labute approximate surface area is 225 Å². The van der Waals surface area contributed by atoms with Crippen LogP contribution in [0.4, 0.5) is 36.2 Å². The smallest absolute Gasteiger partial charge is 0.378 e. The van der Waals surface area contributed by atoms with Crippen LogP contribution in [0.25, 0.3) is 0 Å². The highest BCUT2D eigenvalue weighted by Gasteiger charge is 2.30. The summed E-state index contributed by atoms with van der Waals surface area (Å²) in [6.07, 6.45) is -3.14. The number of ether oxygens (including phenoxy) is 1. The molecule has 2 aromatic carbocycles. The molecule has 2 aliphatic heterocycles. The predicted octanol–water partition coefficient (Wildman–Crippen LogP) is 4.61. The molecule has 39 heavy (non-hydrogen) atoms. The Hall–Kier alpha value is -3.86. The molecular weight excluding hydrogens is 509 g/mol. The SMILES string of the molecule is O=C(NCc1cccc(C(F)(F)F)c1)C1CCN(c2ccc(Nc3ccc(N4CCOCC4)cc3)nn2)CC1. The summed E-state index contributed by atoms with van der Waals surface area (Å²) in [6, 6.07) is 17.0. The average Bonchev–Trinajstić information content (AvgIpc) is 2.97. The van der Waals surface area contributed by atoms with Gasteiger partial charge in [0, 0.05) is 50.0 Å². The van der Waals surface area contributed by atoms with E-state index in [4.69, 9.17) is 4.74 Å². The Morgan fingerprint density at radius 1 is 0.923 bits per heavy atom. The third kappa shape index (κ3) is 6.97. The maximum Gasteiger partial charge on any atom is 0.416 e. The Balaban J connectivity index is 1.08. The number of benzene rings is 2. The topological polar surface area (TPSA) is 82.6 Å². The van der Waals surface area contributed by atoms with Gasteiger partial charge in [-0.1, -0.05) is 12.1 Å². The van der Waals surface area contributed by atoms with Gasteiger partial charge in [-0.2, -0.15) is 13.2 Å². The first-order valence-corrected chi connectivity index (χ1v) is 13.1. The molecule has 3 aromatic rings. The molecule has 0 spiro atoms. The second-order valence-corrected chi connectivity index (χ2v) is 9.73. The highest BCUT2D eigenvalue weighted by molar-refractivity contribution is 5.79. The molecule has 2 saturated heterocycles. The Morgan fingerprint density at radius 3 is 2.33 bits per heavy atom. The number of halogens is 3. The molecule has 2 aliphatic rings. The summed E-state index contributed by atoms with van der Waals surface area (Å²) in [5.74, 6) is 1.05. The van der Waals surface area contributed by atoms with E-state index in [1.165, 1.54) is 6.07 Å². The van der Waals surface area contributed by atoms with Crippen LogP contribution < -0.4 is 20.4 Å². The van der Waals surface area contributed by atoms with Crippen molar-refractivity contribution in [2.75, 3.05) is 54.5 Å². The number of alkyl halides is 3. The van der Waals surface area contributed by atoms with Gasteiger partial charge in [0.2, 0.25) is 5.91 Å². The Kier molecular flexibility index (Phi) is 8.16. The first-order valence-electron chi connectivity index (χ1n) is 13.1. The number of aromatic nitrogens is 2. The van der Waals surface area contributed by atoms with Crippen LogP contribution in [0.2, 0.25) is 0 Å². The van der Waals surface area contributed by atoms with E-state index >= 15 is 0 Å². The molecule has 2 N–H and O–H groups in total. The normalized spacial score (nSPS) is 16.7. The summed E-state index contributed by atoms with van der Waals surface area (Å²) in [5.41, 5.74) is 1.79. The molecule has 3 heterocycles. The maximum atomic E-state index is 12.9. The minimum atomic E-state index is -4.40. The van der Waals surface area contributed by atoms with E-state index in [0.717, 1.165) is 55.6 Å². The molecule has 0 atom stereocenters. The number of anilines is 4. The molecule has 0 unspecified atom stereocenters. The molecule has 0 aliphatic carbocycles. The number of carbonyl (C=O) groups is 1. The van der Waals surface area contributed by atoms with E-state index < -0.39 is 11.7 Å². The molecular formula is C28H31F3N6O2. The van der Waals surface area contributed by atoms with Crippen LogP contribution >= 0.6 is 0 Å². The fraction of sp³-hybridized carbons (Fsp3) is 0.393. The fourth-order valence-corrected chi connectivity index (χ4v) is 4.85. The molecule has 0 radical (unpaired) electrons. The third-order valence-corrected chi connectivity index (χ3v) is 7.08. The van der Waals surface area contributed by atoms with E-state index in [-0.39, 0.29) is 18.4 Å². The first-order chi connectivity index (χ1) is 18.8. The lowest BCUT2D eigenvalue weighted by atomic mass is 9.96. The zero-order chi connectivity index (χ0) is 27.2. The van der Waals surface area contributed by atoms with Crippen molar-refractivity contribution in [2.45, 2.75) is 25.6 Å². The highest BCUT2D eigenvalue weighted by Crippen LogP contribution is 2.30. The lowest BCUT2D eigenvalue weighted by molar-refractivity contribution is -0.137. The van der Waals surface area contributed by atoms with Crippen LogP contribution in [0.5, 0.6) is 0 Å². The highest BCUT2D eigenvalue weighted by atomic mass is 19.4. The van der Waals surface area contributed by atoms with Crippen LogP contribution in [0.1, 0.15) is 24.0 Å². The van der Waals surface area contributed by atoms with Crippen LogP contribution in [-0.2, 0) is 22.3 Å². The fourth-order valence-electron chi connectivity index (χ4n) is 4.85. The van der Waals surface area contributed by atoms with Crippen LogP contribution in [-0.4, -0.2) is 55.5 Å². The number of amides is 1. The number of hydrogen-bond acceptors (Lipinski definition) is 7. The number of hydrogen-bond donors (Lipinski definition) is 2. The van der Waals surface area contributed by atoms with Crippen molar-refractivity contribution in [1.82, 2.24) is 15.5 Å². The van der Waals surface area contributed by atoms with Gasteiger partial charge in [-0.3, -0.25) is 4.79 Å². The van der Waals surface area contributed by atoms with E-state index in [9.17, 15) is 18.0 Å². The lowest BCUT2D eigenvalue weighted by Gasteiger charge is -2.31. The van der Waals surface area contributed by atoms with Gasteiger partial charge in [-0.05, 0) is 66.9 Å². The second kappa shape index (κ2) is 11.9. The van der Waals surface area contributed by atoms with Crippen molar-refractivity contribution in [2.24, 2.45) is 5.92 Å². The van der Waals surface area contributed by atoms with Gasteiger partial charge in [0.05, 0.1) is 18.8 Å². The zero-order valence-electron chi connectivity index (χ0n) is 21.5. The van der Waals surface area contributed by atoms with Gasteiger partial charge >= 0.3 is 6.18 Å². The van der Waals surface area contributed by atoms with Crippen molar-refractivity contribution >= 4 is 28.9 Å². The zero-order valence-corrected chi connectivity index (χ0v) is 21.5. The van der Waals surface area contributed by atoms with E-state index in [1.807, 2.05) is 24.3 Å². The minimum Gasteiger partial charge on any atom is -0.378 e. The van der Waals surface area contributed by atoms with Crippen molar-refractivity contribution in [3.8, 4) is 0 Å². The number of carbonyl (C=O) groups excluding carboxylic acids is 1. The van der Waals surface area contributed by atoms with Crippen molar-refractivity contribution in [3.05, 3.63) is 71.8 Å². The number of nitrogens with one attached hydrogen (secondary N) is 2. The number of nitrogens with zero attached hydrogens (tertiary/aromatic N) is 4. The molecule has 1 amide bonds. The summed E-state index contributed by atoms with van der Waals surface area (Å²) in [6.45, 7) is 4.63. The van der Waals surface area contributed by atoms with E-state index in [0.29, 0.717) is 37.3 Å². The largest absolute Gasteiger partial charge is 0.416 e. The molecule has 11 heteroatoms. The summed E-state index contributed by atoms with van der Waals surface area (Å²) in [7, 11) is 0. The molecule has 8 nitrogen and oxygen atoms in total. The third-order valence-electron chi connectivity index (χ3n) is 7.08. The minimum absolute atomic E-state index is 0.0683. The molecule has 206 valence electrons. The maximum absolute atomic E-state index is 12.9. The number of morpholine rings is 1. The standard InChI is InChI=1S/C28H31F3N6O2/c29-28(30,31)22-3-1-2-20(18-22)19-32-27(38)21-10-12-37(13-11-21)26-9-8-25(34-35-26)33-23-4-6-24(7-5-23)36-14-16-39-17-15-36/h1-9,18,21H,10-17,19H2,(H,32,38)(H,33,34). The van der Waals surface area contributed by atoms with Crippen LogP contribution in [0.15, 0.2) is 60.7 Å². The molecule has 0 saturated carbocycles.